The van der Waals surface area contributed by atoms with E-state index in [0.29, 0.717) is 45.0 Å². The molecule has 0 spiro atoms. The Bertz CT molecular complexity index is 1560. The Morgan fingerprint density at radius 3 is 2.24 bits per heavy atom. The summed E-state index contributed by atoms with van der Waals surface area (Å²) >= 11 is 0. The first kappa shape index (κ1) is 21.4. The zero-order chi connectivity index (χ0) is 23.8. The van der Waals surface area contributed by atoms with Gasteiger partial charge in [0, 0.05) is 17.0 Å². The molecule has 170 valence electrons. The number of hydrogen-bond donors (Lipinski definition) is 0. The maximum Gasteiger partial charge on any atom is 0.279 e. The second-order valence-electron chi connectivity index (χ2n) is 7.90. The summed E-state index contributed by atoms with van der Waals surface area (Å²) in [5.41, 5.74) is 3.72. The molecular weight excluding hydrogens is 432 g/mol. The van der Waals surface area contributed by atoms with E-state index in [2.05, 4.69) is 15.2 Å². The SMILES string of the molecule is COc1cc(OC)cc(-c2noc(-c3nn(-c4ccc(C)c(C)c4)c(=O)c4ccccc34)n2)c1. The van der Waals surface area contributed by atoms with Gasteiger partial charge >= 0.3 is 0 Å². The summed E-state index contributed by atoms with van der Waals surface area (Å²) in [4.78, 5) is 17.9. The van der Waals surface area contributed by atoms with Gasteiger partial charge in [0.1, 0.15) is 11.5 Å². The molecule has 0 aliphatic heterocycles. The molecule has 0 bridgehead atoms. The minimum atomic E-state index is -0.222. The van der Waals surface area contributed by atoms with Gasteiger partial charge in [-0.25, -0.2) is 0 Å². The van der Waals surface area contributed by atoms with Crippen LogP contribution in [0.4, 0.5) is 0 Å². The molecule has 0 fully saturated rings. The summed E-state index contributed by atoms with van der Waals surface area (Å²) in [6, 6.07) is 18.4. The zero-order valence-corrected chi connectivity index (χ0v) is 19.2. The number of aryl methyl sites for hydroxylation is 2. The summed E-state index contributed by atoms with van der Waals surface area (Å²) in [5.74, 6) is 1.76. The second kappa shape index (κ2) is 8.47. The lowest BCUT2D eigenvalue weighted by molar-refractivity contribution is 0.394. The Kier molecular flexibility index (Phi) is 5.33. The van der Waals surface area contributed by atoms with Gasteiger partial charge in [-0.2, -0.15) is 14.8 Å². The number of nitrogens with zero attached hydrogens (tertiary/aromatic N) is 4. The Morgan fingerprint density at radius 1 is 0.853 bits per heavy atom. The molecule has 0 atom stereocenters. The third kappa shape index (κ3) is 3.69. The van der Waals surface area contributed by atoms with Gasteiger partial charge in [-0.1, -0.05) is 29.4 Å². The van der Waals surface area contributed by atoms with Crippen LogP contribution in [-0.2, 0) is 0 Å². The van der Waals surface area contributed by atoms with Crippen LogP contribution >= 0.6 is 0 Å². The molecule has 2 aromatic heterocycles. The highest BCUT2D eigenvalue weighted by Gasteiger charge is 2.20. The number of aromatic nitrogens is 4. The largest absolute Gasteiger partial charge is 0.497 e. The Morgan fingerprint density at radius 2 is 1.56 bits per heavy atom. The summed E-state index contributed by atoms with van der Waals surface area (Å²) in [5, 5.41) is 9.93. The molecule has 0 saturated heterocycles. The van der Waals surface area contributed by atoms with E-state index in [0.717, 1.165) is 11.1 Å². The molecule has 5 rings (SSSR count). The van der Waals surface area contributed by atoms with Crippen molar-refractivity contribution in [3.05, 3.63) is 82.1 Å². The molecule has 34 heavy (non-hydrogen) atoms. The first-order valence-electron chi connectivity index (χ1n) is 10.7. The van der Waals surface area contributed by atoms with Crippen LogP contribution in [0.5, 0.6) is 11.5 Å². The van der Waals surface area contributed by atoms with Crippen molar-refractivity contribution in [3.8, 4) is 40.2 Å². The monoisotopic (exact) mass is 454 g/mol. The van der Waals surface area contributed by atoms with Crippen molar-refractivity contribution in [3.63, 3.8) is 0 Å². The van der Waals surface area contributed by atoms with Crippen LogP contribution in [-0.4, -0.2) is 34.1 Å². The number of rotatable bonds is 5. The van der Waals surface area contributed by atoms with Gasteiger partial charge in [-0.05, 0) is 55.3 Å². The van der Waals surface area contributed by atoms with Gasteiger partial charge in [0.05, 0.1) is 25.3 Å². The summed E-state index contributed by atoms with van der Waals surface area (Å²) in [6.07, 6.45) is 0. The van der Waals surface area contributed by atoms with E-state index >= 15 is 0 Å². The average Bonchev–Trinajstić information content (AvgIpc) is 3.36. The third-order valence-corrected chi connectivity index (χ3v) is 5.78. The average molecular weight is 454 g/mol. The molecule has 0 N–H and O–H groups in total. The van der Waals surface area contributed by atoms with Crippen molar-refractivity contribution in [2.45, 2.75) is 13.8 Å². The zero-order valence-electron chi connectivity index (χ0n) is 19.2. The van der Waals surface area contributed by atoms with Gasteiger partial charge in [-0.3, -0.25) is 4.79 Å². The summed E-state index contributed by atoms with van der Waals surface area (Å²) in [6.45, 7) is 4.02. The standard InChI is InChI=1S/C26H22N4O4/c1-15-9-10-18(11-16(15)2)30-26(31)22-8-6-5-7-21(22)23(28-30)25-27-24(29-34-25)17-12-19(32-3)14-20(13-17)33-4/h5-14H,1-4H3. The van der Waals surface area contributed by atoms with Crippen LogP contribution in [0, 0.1) is 13.8 Å². The van der Waals surface area contributed by atoms with Crippen molar-refractivity contribution in [1.29, 1.82) is 0 Å². The first-order valence-corrected chi connectivity index (χ1v) is 10.7. The maximum absolute atomic E-state index is 13.3. The number of hydrogen-bond acceptors (Lipinski definition) is 7. The molecule has 8 nitrogen and oxygen atoms in total. The van der Waals surface area contributed by atoms with Crippen molar-refractivity contribution in [2.24, 2.45) is 0 Å². The van der Waals surface area contributed by atoms with E-state index < -0.39 is 0 Å². The minimum absolute atomic E-state index is 0.200. The van der Waals surface area contributed by atoms with E-state index in [4.69, 9.17) is 14.0 Å². The Hall–Kier alpha value is -4.46. The van der Waals surface area contributed by atoms with E-state index in [1.54, 1.807) is 38.5 Å². The van der Waals surface area contributed by atoms with Crippen LogP contribution in [0.3, 0.4) is 0 Å². The van der Waals surface area contributed by atoms with E-state index in [1.807, 2.05) is 50.2 Å². The Balaban J connectivity index is 1.70. The van der Waals surface area contributed by atoms with Crippen LogP contribution < -0.4 is 15.0 Å². The molecule has 2 heterocycles. The van der Waals surface area contributed by atoms with Gasteiger partial charge < -0.3 is 14.0 Å². The highest BCUT2D eigenvalue weighted by atomic mass is 16.5. The van der Waals surface area contributed by atoms with E-state index in [9.17, 15) is 4.79 Å². The summed E-state index contributed by atoms with van der Waals surface area (Å²) in [7, 11) is 3.15. The predicted molar refractivity (Wildman–Crippen MR) is 129 cm³/mol. The molecule has 0 radical (unpaired) electrons. The molecule has 3 aromatic carbocycles. The van der Waals surface area contributed by atoms with Crippen LogP contribution in [0.2, 0.25) is 0 Å². The van der Waals surface area contributed by atoms with Crippen LogP contribution in [0.1, 0.15) is 11.1 Å². The lowest BCUT2D eigenvalue weighted by Gasteiger charge is -2.10. The van der Waals surface area contributed by atoms with Crippen molar-refractivity contribution in [1.82, 2.24) is 19.9 Å². The van der Waals surface area contributed by atoms with Gasteiger partial charge in [-0.15, -0.1) is 0 Å². The van der Waals surface area contributed by atoms with E-state index in [1.165, 1.54) is 4.68 Å². The maximum atomic E-state index is 13.3. The minimum Gasteiger partial charge on any atom is -0.497 e. The fourth-order valence-corrected chi connectivity index (χ4v) is 3.75. The molecule has 5 aromatic rings. The lowest BCUT2D eigenvalue weighted by atomic mass is 10.1. The third-order valence-electron chi connectivity index (χ3n) is 5.78. The first-order chi connectivity index (χ1) is 16.5. The van der Waals surface area contributed by atoms with Crippen molar-refractivity contribution < 1.29 is 14.0 Å². The number of fused-ring (bicyclic) bond motifs is 1. The Labute approximate surface area is 195 Å². The number of ether oxygens (including phenoxy) is 2. The van der Waals surface area contributed by atoms with Crippen molar-refractivity contribution >= 4 is 10.8 Å². The highest BCUT2D eigenvalue weighted by molar-refractivity contribution is 5.92. The molecule has 0 unspecified atom stereocenters. The topological polar surface area (TPSA) is 92.3 Å². The van der Waals surface area contributed by atoms with Crippen molar-refractivity contribution in [2.75, 3.05) is 14.2 Å². The second-order valence-corrected chi connectivity index (χ2v) is 7.90. The predicted octanol–water partition coefficient (Wildman–Crippen LogP) is 4.74. The number of methoxy groups -OCH3 is 2. The van der Waals surface area contributed by atoms with Gasteiger partial charge in [0.15, 0.2) is 5.69 Å². The van der Waals surface area contributed by atoms with Crippen LogP contribution in [0.25, 0.3) is 39.4 Å². The van der Waals surface area contributed by atoms with E-state index in [-0.39, 0.29) is 11.4 Å². The molecular formula is C26H22N4O4. The highest BCUT2D eigenvalue weighted by Crippen LogP contribution is 2.31. The van der Waals surface area contributed by atoms with Crippen LogP contribution in [0.15, 0.2) is 70.0 Å². The molecule has 8 heteroatoms. The number of benzene rings is 3. The fourth-order valence-electron chi connectivity index (χ4n) is 3.75. The molecule has 0 saturated carbocycles. The van der Waals surface area contributed by atoms with Gasteiger partial charge in [0.25, 0.3) is 11.4 Å². The molecule has 0 aliphatic carbocycles. The molecule has 0 aliphatic rings. The quantitative estimate of drug-likeness (QED) is 0.379. The fraction of sp³-hybridized carbons (Fsp3) is 0.154. The smallest absolute Gasteiger partial charge is 0.279 e. The lowest BCUT2D eigenvalue weighted by Crippen LogP contribution is -2.22. The normalized spacial score (nSPS) is 11.1. The summed E-state index contributed by atoms with van der Waals surface area (Å²) < 4.78 is 17.7. The molecule has 0 amide bonds. The van der Waals surface area contributed by atoms with Gasteiger partial charge in [0.2, 0.25) is 5.82 Å².